The Hall–Kier alpha value is -2.35. The molecule has 0 unspecified atom stereocenters. The monoisotopic (exact) mass is 408 g/mol. The van der Waals surface area contributed by atoms with Crippen LogP contribution in [0.15, 0.2) is 42.5 Å². The van der Waals surface area contributed by atoms with E-state index in [0.29, 0.717) is 47.6 Å². The molecule has 2 aromatic carbocycles. The summed E-state index contributed by atoms with van der Waals surface area (Å²) in [6.45, 7) is 3.46. The van der Waals surface area contributed by atoms with Gasteiger partial charge < -0.3 is 19.5 Å². The first-order valence-electron chi connectivity index (χ1n) is 8.30. The van der Waals surface area contributed by atoms with Crippen molar-refractivity contribution < 1.29 is 19.0 Å². The van der Waals surface area contributed by atoms with Gasteiger partial charge in [-0.1, -0.05) is 17.7 Å². The number of methoxy groups -OCH3 is 1. The zero-order chi connectivity index (χ0) is 19.6. The van der Waals surface area contributed by atoms with Crippen molar-refractivity contribution >= 4 is 40.5 Å². The summed E-state index contributed by atoms with van der Waals surface area (Å²) in [7, 11) is 1.54. The van der Waals surface area contributed by atoms with Gasteiger partial charge in [0.25, 0.3) is 5.91 Å². The number of amides is 1. The van der Waals surface area contributed by atoms with Crippen molar-refractivity contribution in [2.45, 2.75) is 6.92 Å². The SMILES string of the molecule is CCOCCOc1cccc(C(=O)NC(=S)Nc2ccc(OC)c(Cl)c2)c1. The molecule has 0 spiro atoms. The van der Waals surface area contributed by atoms with Gasteiger partial charge >= 0.3 is 0 Å². The summed E-state index contributed by atoms with van der Waals surface area (Å²) in [6, 6.07) is 12.0. The molecule has 0 aliphatic rings. The molecule has 0 atom stereocenters. The number of rotatable bonds is 8. The Morgan fingerprint density at radius 3 is 2.70 bits per heavy atom. The van der Waals surface area contributed by atoms with Gasteiger partial charge in [0.1, 0.15) is 18.1 Å². The van der Waals surface area contributed by atoms with Crippen LogP contribution in [-0.4, -0.2) is 38.0 Å². The van der Waals surface area contributed by atoms with E-state index in [4.69, 9.17) is 38.0 Å². The Labute approximate surface area is 168 Å². The Morgan fingerprint density at radius 1 is 1.19 bits per heavy atom. The smallest absolute Gasteiger partial charge is 0.257 e. The lowest BCUT2D eigenvalue weighted by molar-refractivity contribution is 0.0976. The molecule has 6 nitrogen and oxygen atoms in total. The fourth-order valence-electron chi connectivity index (χ4n) is 2.17. The lowest BCUT2D eigenvalue weighted by Crippen LogP contribution is -2.34. The van der Waals surface area contributed by atoms with E-state index in [9.17, 15) is 4.79 Å². The standard InChI is InChI=1S/C19H21ClN2O4S/c1-3-25-9-10-26-15-6-4-5-13(11-15)18(23)22-19(27)21-14-7-8-17(24-2)16(20)12-14/h4-8,11-12H,3,9-10H2,1-2H3,(H2,21,22,23,27). The van der Waals surface area contributed by atoms with Crippen molar-refractivity contribution in [2.24, 2.45) is 0 Å². The molecule has 0 aliphatic heterocycles. The lowest BCUT2D eigenvalue weighted by atomic mass is 10.2. The highest BCUT2D eigenvalue weighted by Crippen LogP contribution is 2.27. The molecule has 8 heteroatoms. The van der Waals surface area contributed by atoms with Gasteiger partial charge in [-0.25, -0.2) is 0 Å². The maximum atomic E-state index is 12.4. The largest absolute Gasteiger partial charge is 0.495 e. The van der Waals surface area contributed by atoms with Gasteiger partial charge in [0.2, 0.25) is 0 Å². The quantitative estimate of drug-likeness (QED) is 0.510. The summed E-state index contributed by atoms with van der Waals surface area (Å²) in [5, 5.41) is 6.13. The Morgan fingerprint density at radius 2 is 2.00 bits per heavy atom. The number of benzene rings is 2. The van der Waals surface area contributed by atoms with Gasteiger partial charge in [-0.2, -0.15) is 0 Å². The van der Waals surface area contributed by atoms with Crippen LogP contribution in [0.4, 0.5) is 5.69 Å². The second-order valence-electron chi connectivity index (χ2n) is 5.33. The van der Waals surface area contributed by atoms with Gasteiger partial charge in [-0.3, -0.25) is 10.1 Å². The van der Waals surface area contributed by atoms with Gasteiger partial charge in [0.05, 0.1) is 18.7 Å². The molecule has 0 saturated heterocycles. The Bertz CT molecular complexity index is 801. The fraction of sp³-hybridized carbons (Fsp3) is 0.263. The van der Waals surface area contributed by atoms with E-state index in [2.05, 4.69) is 10.6 Å². The van der Waals surface area contributed by atoms with Crippen LogP contribution >= 0.6 is 23.8 Å². The molecule has 0 aliphatic carbocycles. The molecule has 0 saturated carbocycles. The molecule has 0 heterocycles. The van der Waals surface area contributed by atoms with Crippen LogP contribution < -0.4 is 20.1 Å². The second-order valence-corrected chi connectivity index (χ2v) is 6.15. The maximum Gasteiger partial charge on any atom is 0.257 e. The molecule has 1 amide bonds. The van der Waals surface area contributed by atoms with Gasteiger partial charge in [0.15, 0.2) is 5.11 Å². The van der Waals surface area contributed by atoms with Gasteiger partial charge in [-0.05, 0) is 55.5 Å². The lowest BCUT2D eigenvalue weighted by Gasteiger charge is -2.12. The highest BCUT2D eigenvalue weighted by atomic mass is 35.5. The average molecular weight is 409 g/mol. The first-order chi connectivity index (χ1) is 13.0. The van der Waals surface area contributed by atoms with Gasteiger partial charge in [0, 0.05) is 17.9 Å². The number of anilines is 1. The first kappa shape index (κ1) is 21.0. The van der Waals surface area contributed by atoms with Gasteiger partial charge in [-0.15, -0.1) is 0 Å². The minimum Gasteiger partial charge on any atom is -0.495 e. The summed E-state index contributed by atoms with van der Waals surface area (Å²) in [4.78, 5) is 12.4. The van der Waals surface area contributed by atoms with Crippen molar-refractivity contribution in [1.29, 1.82) is 0 Å². The molecule has 144 valence electrons. The predicted octanol–water partition coefficient (Wildman–Crippen LogP) is 3.89. The number of halogens is 1. The highest BCUT2D eigenvalue weighted by molar-refractivity contribution is 7.80. The van der Waals surface area contributed by atoms with Crippen molar-refractivity contribution in [3.63, 3.8) is 0 Å². The minimum absolute atomic E-state index is 0.156. The Kier molecular flexibility index (Phi) is 8.32. The van der Waals surface area contributed by atoms with Crippen LogP contribution in [0.1, 0.15) is 17.3 Å². The van der Waals surface area contributed by atoms with E-state index in [1.54, 1.807) is 42.5 Å². The van der Waals surface area contributed by atoms with E-state index >= 15 is 0 Å². The van der Waals surface area contributed by atoms with Crippen LogP contribution in [-0.2, 0) is 4.74 Å². The maximum absolute atomic E-state index is 12.4. The molecular weight excluding hydrogens is 388 g/mol. The molecule has 2 N–H and O–H groups in total. The fourth-order valence-corrected chi connectivity index (χ4v) is 2.64. The zero-order valence-corrected chi connectivity index (χ0v) is 16.7. The summed E-state index contributed by atoms with van der Waals surface area (Å²) in [5.74, 6) is 0.795. The van der Waals surface area contributed by atoms with Crippen LogP contribution in [0.25, 0.3) is 0 Å². The van der Waals surface area contributed by atoms with E-state index < -0.39 is 0 Å². The van der Waals surface area contributed by atoms with Crippen LogP contribution in [0, 0.1) is 0 Å². The number of thiocarbonyl (C=S) groups is 1. The molecule has 0 bridgehead atoms. The number of nitrogens with one attached hydrogen (secondary N) is 2. The summed E-state index contributed by atoms with van der Waals surface area (Å²) in [5.41, 5.74) is 1.07. The van der Waals surface area contributed by atoms with Crippen molar-refractivity contribution in [3.8, 4) is 11.5 Å². The van der Waals surface area contributed by atoms with Crippen molar-refractivity contribution in [3.05, 3.63) is 53.1 Å². The van der Waals surface area contributed by atoms with E-state index in [1.807, 2.05) is 6.92 Å². The molecule has 0 aromatic heterocycles. The third-order valence-electron chi connectivity index (χ3n) is 3.43. The number of carbonyl (C=O) groups is 1. The molecule has 0 fully saturated rings. The van der Waals surface area contributed by atoms with E-state index in [1.165, 1.54) is 7.11 Å². The second kappa shape index (κ2) is 10.7. The number of carbonyl (C=O) groups excluding carboxylic acids is 1. The summed E-state index contributed by atoms with van der Waals surface area (Å²) in [6.07, 6.45) is 0. The zero-order valence-electron chi connectivity index (χ0n) is 15.1. The average Bonchev–Trinajstić information content (AvgIpc) is 2.65. The predicted molar refractivity (Wildman–Crippen MR) is 110 cm³/mol. The molecule has 2 aromatic rings. The Balaban J connectivity index is 1.92. The van der Waals surface area contributed by atoms with Crippen LogP contribution in [0.3, 0.4) is 0 Å². The van der Waals surface area contributed by atoms with Crippen molar-refractivity contribution in [1.82, 2.24) is 5.32 Å². The molecule has 2 rings (SSSR count). The number of hydrogen-bond acceptors (Lipinski definition) is 5. The topological polar surface area (TPSA) is 68.8 Å². The van der Waals surface area contributed by atoms with Crippen LogP contribution in [0.5, 0.6) is 11.5 Å². The highest BCUT2D eigenvalue weighted by Gasteiger charge is 2.10. The summed E-state index contributed by atoms with van der Waals surface area (Å²) < 4.78 is 15.9. The number of hydrogen-bond donors (Lipinski definition) is 2. The van der Waals surface area contributed by atoms with Crippen molar-refractivity contribution in [2.75, 3.05) is 32.2 Å². The summed E-state index contributed by atoms with van der Waals surface area (Å²) >= 11 is 11.3. The molecule has 0 radical (unpaired) electrons. The normalized spacial score (nSPS) is 10.2. The first-order valence-corrected chi connectivity index (χ1v) is 9.08. The van der Waals surface area contributed by atoms with E-state index in [0.717, 1.165) is 0 Å². The molecule has 27 heavy (non-hydrogen) atoms. The molecular formula is C19H21ClN2O4S. The third-order valence-corrected chi connectivity index (χ3v) is 3.93. The van der Waals surface area contributed by atoms with Crippen LogP contribution in [0.2, 0.25) is 5.02 Å². The third kappa shape index (κ3) is 6.71. The number of ether oxygens (including phenoxy) is 3. The van der Waals surface area contributed by atoms with E-state index in [-0.39, 0.29) is 11.0 Å². The minimum atomic E-state index is -0.345.